The van der Waals surface area contributed by atoms with Gasteiger partial charge in [-0.1, -0.05) is 33.8 Å². The van der Waals surface area contributed by atoms with E-state index in [1.165, 1.54) is 20.3 Å². The van der Waals surface area contributed by atoms with Crippen LogP contribution in [0, 0.1) is 17.7 Å². The molecule has 0 bridgehead atoms. The number of furan rings is 1. The zero-order chi connectivity index (χ0) is 41.2. The molecule has 7 rings (SSSR count). The maximum Gasteiger partial charge on any atom is 0.407 e. The Hall–Kier alpha value is -6.19. The summed E-state index contributed by atoms with van der Waals surface area (Å²) >= 11 is 0. The number of alkyl carbamates (subject to hydrolysis) is 2. The average Bonchev–Trinajstić information content (AvgIpc) is 4.06. The number of amides is 4. The van der Waals surface area contributed by atoms with Crippen LogP contribution in [0.15, 0.2) is 59.3 Å². The van der Waals surface area contributed by atoms with Crippen molar-refractivity contribution in [1.82, 2.24) is 40.4 Å². The van der Waals surface area contributed by atoms with Crippen LogP contribution < -0.4 is 10.6 Å². The molecule has 0 radical (unpaired) electrons. The van der Waals surface area contributed by atoms with E-state index in [0.29, 0.717) is 59.3 Å². The van der Waals surface area contributed by atoms with Gasteiger partial charge in [-0.3, -0.25) is 9.59 Å². The Morgan fingerprint density at radius 3 is 1.74 bits per heavy atom. The normalized spacial score (nSPS) is 17.9. The van der Waals surface area contributed by atoms with Gasteiger partial charge in [0, 0.05) is 29.6 Å². The van der Waals surface area contributed by atoms with Crippen molar-refractivity contribution in [1.29, 1.82) is 0 Å². The topological polar surface area (TPSA) is 188 Å². The Labute approximate surface area is 335 Å². The minimum Gasteiger partial charge on any atom is -0.456 e. The molecule has 4 atom stereocenters. The molecule has 0 aliphatic carbocycles. The molecule has 5 aromatic rings. The highest BCUT2D eigenvalue weighted by atomic mass is 19.1. The number of fused-ring (bicyclic) bond motifs is 1. The second-order valence-corrected chi connectivity index (χ2v) is 15.5. The van der Waals surface area contributed by atoms with E-state index in [9.17, 15) is 19.2 Å². The second-order valence-electron chi connectivity index (χ2n) is 15.5. The molecular formula is C42H49FN8O7. The summed E-state index contributed by atoms with van der Waals surface area (Å²) in [5.41, 5.74) is 3.66. The number of hydrogen-bond donors (Lipinski definition) is 4. The van der Waals surface area contributed by atoms with E-state index in [2.05, 4.69) is 30.6 Å². The molecule has 2 fully saturated rings. The Bertz CT molecular complexity index is 2310. The first-order valence-electron chi connectivity index (χ1n) is 19.6. The van der Waals surface area contributed by atoms with Crippen LogP contribution in [0.4, 0.5) is 14.0 Å². The largest absolute Gasteiger partial charge is 0.456 e. The lowest BCUT2D eigenvalue weighted by molar-refractivity contribution is -0.136. The van der Waals surface area contributed by atoms with E-state index in [-0.39, 0.29) is 35.7 Å². The van der Waals surface area contributed by atoms with E-state index in [1.54, 1.807) is 40.4 Å². The number of likely N-dealkylation sites (tertiary alicyclic amines) is 2. The van der Waals surface area contributed by atoms with Crippen molar-refractivity contribution in [3.8, 4) is 33.8 Å². The van der Waals surface area contributed by atoms with Gasteiger partial charge in [0.05, 0.1) is 55.6 Å². The number of methoxy groups -OCH3 is 2. The van der Waals surface area contributed by atoms with Crippen molar-refractivity contribution < 1.29 is 37.5 Å². The van der Waals surface area contributed by atoms with Gasteiger partial charge in [-0.15, -0.1) is 0 Å². The Morgan fingerprint density at radius 1 is 0.759 bits per heavy atom. The maximum atomic E-state index is 15.8. The smallest absolute Gasteiger partial charge is 0.407 e. The number of carbonyl (C=O) groups is 4. The summed E-state index contributed by atoms with van der Waals surface area (Å²) in [6, 6.07) is 10.3. The Balaban J connectivity index is 1.06. The number of ether oxygens (including phenoxy) is 2. The molecule has 3 aromatic heterocycles. The van der Waals surface area contributed by atoms with Gasteiger partial charge < -0.3 is 44.3 Å². The Morgan fingerprint density at radius 2 is 1.26 bits per heavy atom. The van der Waals surface area contributed by atoms with Crippen molar-refractivity contribution in [2.45, 2.75) is 77.5 Å². The van der Waals surface area contributed by atoms with Gasteiger partial charge in [-0.2, -0.15) is 0 Å². The monoisotopic (exact) mass is 796 g/mol. The van der Waals surface area contributed by atoms with Crippen molar-refractivity contribution in [3.05, 3.63) is 72.3 Å². The van der Waals surface area contributed by atoms with Gasteiger partial charge in [0.1, 0.15) is 40.9 Å². The third-order valence-corrected chi connectivity index (χ3v) is 11.0. The van der Waals surface area contributed by atoms with Crippen molar-refractivity contribution in [2.24, 2.45) is 11.8 Å². The van der Waals surface area contributed by atoms with Crippen molar-refractivity contribution >= 4 is 35.0 Å². The van der Waals surface area contributed by atoms with Crippen LogP contribution in [0.25, 0.3) is 44.8 Å². The number of aromatic amines is 2. The van der Waals surface area contributed by atoms with Crippen LogP contribution in [-0.2, 0) is 19.1 Å². The van der Waals surface area contributed by atoms with Gasteiger partial charge in [0.25, 0.3) is 0 Å². The van der Waals surface area contributed by atoms with Crippen LogP contribution in [0.2, 0.25) is 0 Å². The van der Waals surface area contributed by atoms with Crippen LogP contribution in [-0.4, -0.2) is 93.1 Å². The third kappa shape index (κ3) is 8.00. The van der Waals surface area contributed by atoms with Crippen LogP contribution >= 0.6 is 0 Å². The number of benzene rings is 2. The summed E-state index contributed by atoms with van der Waals surface area (Å²) < 4.78 is 31.4. The molecule has 2 aromatic carbocycles. The van der Waals surface area contributed by atoms with Gasteiger partial charge in [-0.05, 0) is 73.9 Å². The van der Waals surface area contributed by atoms with Gasteiger partial charge in [-0.25, -0.2) is 23.9 Å². The summed E-state index contributed by atoms with van der Waals surface area (Å²) in [7, 11) is 2.53. The maximum absolute atomic E-state index is 15.8. The summed E-state index contributed by atoms with van der Waals surface area (Å²) in [5, 5.41) is 6.10. The highest BCUT2D eigenvalue weighted by Crippen LogP contribution is 2.37. The first-order valence-corrected chi connectivity index (χ1v) is 19.6. The van der Waals surface area contributed by atoms with Crippen LogP contribution in [0.3, 0.4) is 0 Å². The van der Waals surface area contributed by atoms with E-state index >= 15 is 4.39 Å². The molecule has 2 aliphatic heterocycles. The average molecular weight is 797 g/mol. The molecule has 4 N–H and O–H groups in total. The number of aromatic nitrogens is 4. The predicted octanol–water partition coefficient (Wildman–Crippen LogP) is 7.11. The molecule has 15 nitrogen and oxygen atoms in total. The molecule has 0 spiro atoms. The number of nitrogens with one attached hydrogen (secondary N) is 4. The summed E-state index contributed by atoms with van der Waals surface area (Å²) in [5.74, 6) is 0.449. The molecule has 2 saturated heterocycles. The van der Waals surface area contributed by atoms with Crippen molar-refractivity contribution in [2.75, 3.05) is 27.3 Å². The molecule has 0 saturated carbocycles. The fourth-order valence-electron chi connectivity index (χ4n) is 7.92. The minimum absolute atomic E-state index is 0.140. The van der Waals surface area contributed by atoms with Gasteiger partial charge >= 0.3 is 12.2 Å². The first-order chi connectivity index (χ1) is 27.9. The van der Waals surface area contributed by atoms with Crippen LogP contribution in [0.5, 0.6) is 0 Å². The summed E-state index contributed by atoms with van der Waals surface area (Å²) in [4.78, 5) is 70.5. The van der Waals surface area contributed by atoms with Crippen LogP contribution in [0.1, 0.15) is 77.1 Å². The quantitative estimate of drug-likeness (QED) is 0.108. The predicted molar refractivity (Wildman–Crippen MR) is 212 cm³/mol. The highest BCUT2D eigenvalue weighted by Gasteiger charge is 2.39. The lowest BCUT2D eigenvalue weighted by atomic mass is 10.0. The summed E-state index contributed by atoms with van der Waals surface area (Å²) in [6.45, 7) is 8.55. The molecule has 5 heterocycles. The van der Waals surface area contributed by atoms with E-state index < -0.39 is 30.1 Å². The number of halogens is 1. The third-order valence-electron chi connectivity index (χ3n) is 11.0. The van der Waals surface area contributed by atoms with Gasteiger partial charge in [0.15, 0.2) is 0 Å². The van der Waals surface area contributed by atoms with E-state index in [1.807, 2.05) is 45.9 Å². The van der Waals surface area contributed by atoms with E-state index in [4.69, 9.17) is 13.9 Å². The zero-order valence-electron chi connectivity index (χ0n) is 33.4. The van der Waals surface area contributed by atoms with E-state index in [0.717, 1.165) is 35.9 Å². The number of rotatable bonds is 11. The molecule has 2 aliphatic rings. The molecular weight excluding hydrogens is 748 g/mol. The fraction of sp³-hybridized carbons (Fsp3) is 0.429. The van der Waals surface area contributed by atoms with Gasteiger partial charge in [0.2, 0.25) is 11.8 Å². The number of imidazole rings is 2. The molecule has 58 heavy (non-hydrogen) atoms. The number of hydrogen-bond acceptors (Lipinski definition) is 9. The minimum atomic E-state index is -0.748. The molecule has 16 heteroatoms. The zero-order valence-corrected chi connectivity index (χ0v) is 33.4. The molecule has 4 amide bonds. The number of carbonyl (C=O) groups excluding carboxylic acids is 4. The standard InChI is InChI=1S/C42H49FN8O7/c1-22(2)35(48-41(54)56-5)39(52)50-15-7-9-31(50)37-44-20-29(46-37)24-12-14-33-26(17-24)19-34(58-33)27-13-11-25(18-28(27)43)30-21-45-38(47-30)32-10-8-16-51(32)40(53)36(23(3)4)49-42(55)57-6/h11-14,17-23,31-32,35-36H,7-10,15-16H2,1-6H3,(H,44,46)(H,45,47)(H,48,54)(H,49,55)/t31-,32-,35?,36?/m0/s1. The number of nitrogens with zero attached hydrogens (tertiary/aromatic N) is 4. The summed E-state index contributed by atoms with van der Waals surface area (Å²) in [6.07, 6.45) is 5.06. The lowest BCUT2D eigenvalue weighted by Gasteiger charge is -2.30. The molecule has 306 valence electrons. The highest BCUT2D eigenvalue weighted by molar-refractivity contribution is 5.88. The lowest BCUT2D eigenvalue weighted by Crippen LogP contribution is -2.51. The first kappa shape index (κ1) is 40.0. The SMILES string of the molecule is COC(=O)NC(C(=O)N1CCC[C@H]1c1ncc(-c2ccc(-c3cc4cc(-c5cnc([C@@H]6CCCN6C(=O)C(NC(=O)OC)C(C)C)[nH]5)ccc4o3)c(F)c2)[nH]1)C(C)C. The number of H-pyrrole nitrogens is 2. The second kappa shape index (κ2) is 16.7. The Kier molecular flexibility index (Phi) is 11.5. The van der Waals surface area contributed by atoms with Crippen molar-refractivity contribution in [3.63, 3.8) is 0 Å². The fourth-order valence-corrected chi connectivity index (χ4v) is 7.92. The molecule has 2 unspecified atom stereocenters.